The Kier molecular flexibility index (Phi) is 6.04. The zero-order valence-electron chi connectivity index (χ0n) is 14.4. The molecule has 0 atom stereocenters. The van der Waals surface area contributed by atoms with Gasteiger partial charge in [-0.15, -0.1) is 0 Å². The molecule has 2 amide bonds. The van der Waals surface area contributed by atoms with Gasteiger partial charge in [0.15, 0.2) is 6.61 Å². The minimum atomic E-state index is -0.369. The highest BCUT2D eigenvalue weighted by atomic mass is 35.5. The van der Waals surface area contributed by atoms with Crippen LogP contribution in [0.25, 0.3) is 0 Å². The summed E-state index contributed by atoms with van der Waals surface area (Å²) in [4.78, 5) is 24.5. The predicted octanol–water partition coefficient (Wildman–Crippen LogP) is 3.89. The van der Waals surface area contributed by atoms with Crippen molar-refractivity contribution in [3.8, 4) is 5.75 Å². The van der Waals surface area contributed by atoms with Crippen molar-refractivity contribution in [2.75, 3.05) is 11.9 Å². The first-order chi connectivity index (χ1) is 11.7. The summed E-state index contributed by atoms with van der Waals surface area (Å²) >= 11 is 5.80. The number of rotatable bonds is 5. The summed E-state index contributed by atoms with van der Waals surface area (Å²) in [7, 11) is 0. The molecular weight excluding hydrogens is 340 g/mol. The molecule has 0 aliphatic heterocycles. The Labute approximate surface area is 152 Å². The topological polar surface area (TPSA) is 67.4 Å². The first-order valence-corrected chi connectivity index (χ1v) is 8.22. The van der Waals surface area contributed by atoms with E-state index in [0.717, 1.165) is 0 Å². The van der Waals surface area contributed by atoms with Crippen molar-refractivity contribution in [2.24, 2.45) is 0 Å². The van der Waals surface area contributed by atoms with Gasteiger partial charge in [-0.2, -0.15) is 0 Å². The quantitative estimate of drug-likeness (QED) is 0.850. The zero-order valence-corrected chi connectivity index (χ0v) is 15.2. The average molecular weight is 361 g/mol. The number of halogens is 1. The summed E-state index contributed by atoms with van der Waals surface area (Å²) in [6.07, 6.45) is 0. The maximum atomic E-state index is 12.4. The van der Waals surface area contributed by atoms with Crippen LogP contribution in [0.15, 0.2) is 48.5 Å². The van der Waals surface area contributed by atoms with E-state index in [9.17, 15) is 9.59 Å². The molecule has 2 N–H and O–H groups in total. The number of carbonyl (C=O) groups is 2. The number of benzene rings is 2. The molecule has 0 unspecified atom stereocenters. The van der Waals surface area contributed by atoms with E-state index in [0.29, 0.717) is 22.0 Å². The van der Waals surface area contributed by atoms with Gasteiger partial charge in [0, 0.05) is 10.6 Å². The van der Waals surface area contributed by atoms with Gasteiger partial charge in [0.2, 0.25) is 0 Å². The molecule has 0 radical (unpaired) electrons. The lowest BCUT2D eigenvalue weighted by atomic mass is 10.1. The van der Waals surface area contributed by atoms with Gasteiger partial charge in [-0.1, -0.05) is 23.7 Å². The van der Waals surface area contributed by atoms with Gasteiger partial charge in [-0.25, -0.2) is 0 Å². The molecule has 0 bridgehead atoms. The van der Waals surface area contributed by atoms with E-state index in [1.54, 1.807) is 48.5 Å². The Morgan fingerprint density at radius 2 is 1.68 bits per heavy atom. The number of nitrogens with one attached hydrogen (secondary N) is 2. The number of para-hydroxylation sites is 1. The van der Waals surface area contributed by atoms with Gasteiger partial charge in [0.05, 0.1) is 11.3 Å². The maximum Gasteiger partial charge on any atom is 0.262 e. The lowest BCUT2D eigenvalue weighted by Gasteiger charge is -2.21. The van der Waals surface area contributed by atoms with Crippen molar-refractivity contribution in [2.45, 2.75) is 26.3 Å². The Hall–Kier alpha value is -2.53. The first-order valence-electron chi connectivity index (χ1n) is 7.84. The summed E-state index contributed by atoms with van der Waals surface area (Å²) in [6, 6.07) is 13.6. The van der Waals surface area contributed by atoms with E-state index in [2.05, 4.69) is 10.6 Å². The Balaban J connectivity index is 2.00. The molecule has 5 nitrogen and oxygen atoms in total. The zero-order chi connectivity index (χ0) is 18.4. The van der Waals surface area contributed by atoms with Crippen molar-refractivity contribution in [1.82, 2.24) is 5.32 Å². The highest BCUT2D eigenvalue weighted by molar-refractivity contribution is 6.30. The van der Waals surface area contributed by atoms with Crippen LogP contribution in [-0.2, 0) is 4.79 Å². The van der Waals surface area contributed by atoms with Crippen molar-refractivity contribution in [3.05, 3.63) is 59.1 Å². The molecule has 2 aromatic rings. The summed E-state index contributed by atoms with van der Waals surface area (Å²) in [6.45, 7) is 5.51. The molecule has 0 aliphatic rings. The van der Waals surface area contributed by atoms with E-state index < -0.39 is 0 Å². The minimum absolute atomic E-state index is 0.170. The predicted molar refractivity (Wildman–Crippen MR) is 99.2 cm³/mol. The molecule has 0 spiro atoms. The highest BCUT2D eigenvalue weighted by Gasteiger charge is 2.18. The molecular formula is C19H21ClN2O3. The molecule has 0 fully saturated rings. The van der Waals surface area contributed by atoms with Crippen LogP contribution in [0.1, 0.15) is 31.1 Å². The number of anilines is 1. The van der Waals surface area contributed by atoms with Gasteiger partial charge in [0.1, 0.15) is 5.75 Å². The molecule has 0 saturated carbocycles. The second-order valence-electron chi connectivity index (χ2n) is 6.54. The van der Waals surface area contributed by atoms with Crippen molar-refractivity contribution in [1.29, 1.82) is 0 Å². The monoisotopic (exact) mass is 360 g/mol. The second kappa shape index (κ2) is 8.03. The molecule has 2 aromatic carbocycles. The van der Waals surface area contributed by atoms with Crippen LogP contribution >= 0.6 is 11.6 Å². The lowest BCUT2D eigenvalue weighted by molar-refractivity contribution is -0.118. The third kappa shape index (κ3) is 6.12. The SMILES string of the molecule is CC(C)(C)NC(=O)c1ccccc1NC(=O)COc1ccc(Cl)cc1. The van der Waals surface area contributed by atoms with E-state index in [1.807, 2.05) is 20.8 Å². The largest absolute Gasteiger partial charge is 0.484 e. The van der Waals surface area contributed by atoms with Crippen LogP contribution in [0.3, 0.4) is 0 Å². The Morgan fingerprint density at radius 3 is 2.32 bits per heavy atom. The normalized spacial score (nSPS) is 10.9. The fraction of sp³-hybridized carbons (Fsp3) is 0.263. The molecule has 0 aliphatic carbocycles. The van der Waals surface area contributed by atoms with Crippen molar-refractivity contribution < 1.29 is 14.3 Å². The summed E-state index contributed by atoms with van der Waals surface area (Å²) in [5.74, 6) is -0.0636. The highest BCUT2D eigenvalue weighted by Crippen LogP contribution is 2.17. The number of hydrogen-bond donors (Lipinski definition) is 2. The summed E-state index contributed by atoms with van der Waals surface area (Å²) < 4.78 is 5.40. The fourth-order valence-electron chi connectivity index (χ4n) is 2.06. The number of hydrogen-bond acceptors (Lipinski definition) is 3. The van der Waals surface area contributed by atoms with Crippen molar-refractivity contribution in [3.63, 3.8) is 0 Å². The third-order valence-electron chi connectivity index (χ3n) is 3.12. The van der Waals surface area contributed by atoms with Gasteiger partial charge >= 0.3 is 0 Å². The molecule has 0 saturated heterocycles. The van der Waals surface area contributed by atoms with Crippen LogP contribution in [-0.4, -0.2) is 24.0 Å². The second-order valence-corrected chi connectivity index (χ2v) is 6.98. The molecule has 2 rings (SSSR count). The van der Waals surface area contributed by atoms with Crippen LogP contribution in [0.2, 0.25) is 5.02 Å². The smallest absolute Gasteiger partial charge is 0.262 e. The maximum absolute atomic E-state index is 12.4. The molecule has 25 heavy (non-hydrogen) atoms. The standard InChI is InChI=1S/C19H21ClN2O3/c1-19(2,3)22-18(24)15-6-4-5-7-16(15)21-17(23)12-25-14-10-8-13(20)9-11-14/h4-11H,12H2,1-3H3,(H,21,23)(H,22,24). The van der Waals surface area contributed by atoms with Gasteiger partial charge < -0.3 is 15.4 Å². The van der Waals surface area contributed by atoms with Crippen LogP contribution in [0.5, 0.6) is 5.75 Å². The molecule has 132 valence electrons. The first kappa shape index (κ1) is 18.8. The van der Waals surface area contributed by atoms with E-state index in [-0.39, 0.29) is 24.0 Å². The van der Waals surface area contributed by atoms with Gasteiger partial charge in [-0.3, -0.25) is 9.59 Å². The van der Waals surface area contributed by atoms with E-state index in [1.165, 1.54) is 0 Å². The fourth-order valence-corrected chi connectivity index (χ4v) is 2.19. The third-order valence-corrected chi connectivity index (χ3v) is 3.37. The summed E-state index contributed by atoms with van der Waals surface area (Å²) in [5, 5.41) is 6.18. The number of ether oxygens (including phenoxy) is 1. The number of carbonyl (C=O) groups excluding carboxylic acids is 2. The van der Waals surface area contributed by atoms with Crippen LogP contribution in [0, 0.1) is 0 Å². The molecule has 0 heterocycles. The average Bonchev–Trinajstić information content (AvgIpc) is 2.53. The minimum Gasteiger partial charge on any atom is -0.484 e. The Bertz CT molecular complexity index is 752. The number of amides is 2. The lowest BCUT2D eigenvalue weighted by Crippen LogP contribution is -2.41. The van der Waals surface area contributed by atoms with Crippen LogP contribution < -0.4 is 15.4 Å². The van der Waals surface area contributed by atoms with E-state index >= 15 is 0 Å². The van der Waals surface area contributed by atoms with Crippen LogP contribution in [0.4, 0.5) is 5.69 Å². The van der Waals surface area contributed by atoms with E-state index in [4.69, 9.17) is 16.3 Å². The van der Waals surface area contributed by atoms with Gasteiger partial charge in [-0.05, 0) is 57.2 Å². The molecule has 6 heteroatoms. The molecule has 0 aromatic heterocycles. The summed E-state index contributed by atoms with van der Waals surface area (Å²) in [5.41, 5.74) is 0.470. The Morgan fingerprint density at radius 1 is 1.04 bits per heavy atom. The van der Waals surface area contributed by atoms with Gasteiger partial charge in [0.25, 0.3) is 11.8 Å². The van der Waals surface area contributed by atoms with Crippen molar-refractivity contribution >= 4 is 29.1 Å².